The first-order chi connectivity index (χ1) is 12.0. The minimum absolute atomic E-state index is 0.150. The Bertz CT molecular complexity index is 835. The van der Waals surface area contributed by atoms with Crippen LogP contribution in [0.4, 0.5) is 10.5 Å². The highest BCUT2D eigenvalue weighted by atomic mass is 16.4. The molecule has 2 atom stereocenters. The number of nitrogens with one attached hydrogen (secondary N) is 2. The molecule has 0 fully saturated rings. The van der Waals surface area contributed by atoms with Gasteiger partial charge in [-0.2, -0.15) is 0 Å². The first-order valence-electron chi connectivity index (χ1n) is 7.92. The summed E-state index contributed by atoms with van der Waals surface area (Å²) < 4.78 is 0. The van der Waals surface area contributed by atoms with Crippen molar-refractivity contribution in [3.63, 3.8) is 0 Å². The Morgan fingerprint density at radius 3 is 3.00 bits per heavy atom. The first kappa shape index (κ1) is 16.6. The van der Waals surface area contributed by atoms with Gasteiger partial charge in [0.05, 0.1) is 29.5 Å². The van der Waals surface area contributed by atoms with Gasteiger partial charge < -0.3 is 15.7 Å². The maximum atomic E-state index is 12.4. The number of amides is 2. The number of pyridine rings is 2. The van der Waals surface area contributed by atoms with E-state index in [1.165, 1.54) is 0 Å². The zero-order chi connectivity index (χ0) is 17.8. The van der Waals surface area contributed by atoms with Gasteiger partial charge in [-0.1, -0.05) is 19.1 Å². The van der Waals surface area contributed by atoms with Gasteiger partial charge in [0.25, 0.3) is 0 Å². The molecule has 2 bridgehead atoms. The van der Waals surface area contributed by atoms with E-state index in [1.807, 2.05) is 12.1 Å². The van der Waals surface area contributed by atoms with Crippen LogP contribution in [0.3, 0.4) is 0 Å². The van der Waals surface area contributed by atoms with E-state index in [-0.39, 0.29) is 11.8 Å². The number of fused-ring (bicyclic) bond motifs is 4. The minimum Gasteiger partial charge on any atom is -0.465 e. The number of carbonyl (C=O) groups is 2. The third-order valence-electron chi connectivity index (χ3n) is 4.04. The number of carboxylic acid groups (broad SMARTS) is 1. The highest BCUT2D eigenvalue weighted by Crippen LogP contribution is 2.30. The van der Waals surface area contributed by atoms with E-state index in [1.54, 1.807) is 43.7 Å². The van der Waals surface area contributed by atoms with Crippen LogP contribution in [0, 0.1) is 5.92 Å². The predicted octanol–water partition coefficient (Wildman–Crippen LogP) is 2.99. The molecule has 2 aromatic heterocycles. The SMILES string of the molecule is CC1C=CC[C@H](NC(=O)O)c2cc(ccn2)-c2ccncc2NC1=O. The van der Waals surface area contributed by atoms with Crippen LogP contribution in [0.25, 0.3) is 11.1 Å². The van der Waals surface area contributed by atoms with Crippen molar-refractivity contribution in [2.75, 3.05) is 5.32 Å². The normalized spacial score (nSPS) is 19.8. The fourth-order valence-corrected chi connectivity index (χ4v) is 2.71. The Labute approximate surface area is 144 Å². The van der Waals surface area contributed by atoms with Crippen LogP contribution < -0.4 is 10.6 Å². The average molecular weight is 338 g/mol. The van der Waals surface area contributed by atoms with Gasteiger partial charge in [0, 0.05) is 18.0 Å². The molecule has 1 unspecified atom stereocenters. The lowest BCUT2D eigenvalue weighted by Crippen LogP contribution is -2.27. The molecule has 0 saturated carbocycles. The molecule has 0 spiro atoms. The third kappa shape index (κ3) is 3.82. The molecule has 0 aromatic carbocycles. The Morgan fingerprint density at radius 2 is 2.20 bits per heavy atom. The minimum atomic E-state index is -1.12. The average Bonchev–Trinajstić information content (AvgIpc) is 2.60. The zero-order valence-corrected chi connectivity index (χ0v) is 13.6. The zero-order valence-electron chi connectivity index (χ0n) is 13.6. The van der Waals surface area contributed by atoms with E-state index < -0.39 is 12.1 Å². The molecule has 128 valence electrons. The smallest absolute Gasteiger partial charge is 0.405 e. The molecule has 7 nitrogen and oxygen atoms in total. The van der Waals surface area contributed by atoms with E-state index in [4.69, 9.17) is 5.11 Å². The van der Waals surface area contributed by atoms with Crippen LogP contribution in [0.5, 0.6) is 0 Å². The van der Waals surface area contributed by atoms with Gasteiger partial charge in [-0.25, -0.2) is 4.79 Å². The lowest BCUT2D eigenvalue weighted by molar-refractivity contribution is -0.118. The monoisotopic (exact) mass is 338 g/mol. The molecule has 0 saturated heterocycles. The maximum absolute atomic E-state index is 12.4. The molecule has 1 aliphatic heterocycles. The van der Waals surface area contributed by atoms with Crippen molar-refractivity contribution in [1.82, 2.24) is 15.3 Å². The van der Waals surface area contributed by atoms with E-state index >= 15 is 0 Å². The largest absolute Gasteiger partial charge is 0.465 e. The van der Waals surface area contributed by atoms with Crippen molar-refractivity contribution in [3.8, 4) is 11.1 Å². The fraction of sp³-hybridized carbons (Fsp3) is 0.222. The number of hydrogen-bond acceptors (Lipinski definition) is 4. The number of hydrogen-bond donors (Lipinski definition) is 3. The van der Waals surface area contributed by atoms with Gasteiger partial charge in [0.2, 0.25) is 5.91 Å². The summed E-state index contributed by atoms with van der Waals surface area (Å²) >= 11 is 0. The van der Waals surface area contributed by atoms with Crippen LogP contribution in [-0.4, -0.2) is 27.1 Å². The molecule has 2 aromatic rings. The second-order valence-electron chi connectivity index (χ2n) is 5.83. The summed E-state index contributed by atoms with van der Waals surface area (Å²) in [5, 5.41) is 14.5. The van der Waals surface area contributed by atoms with Crippen molar-refractivity contribution in [2.24, 2.45) is 5.92 Å². The second-order valence-corrected chi connectivity index (χ2v) is 5.83. The number of anilines is 1. The maximum Gasteiger partial charge on any atom is 0.405 e. The molecular weight excluding hydrogens is 320 g/mol. The van der Waals surface area contributed by atoms with Crippen molar-refractivity contribution in [2.45, 2.75) is 19.4 Å². The van der Waals surface area contributed by atoms with Gasteiger partial charge >= 0.3 is 6.09 Å². The van der Waals surface area contributed by atoms with E-state index in [0.717, 1.165) is 11.1 Å². The van der Waals surface area contributed by atoms with Crippen LogP contribution in [-0.2, 0) is 4.79 Å². The molecule has 2 amide bonds. The summed E-state index contributed by atoms with van der Waals surface area (Å²) in [4.78, 5) is 31.9. The van der Waals surface area contributed by atoms with E-state index in [2.05, 4.69) is 20.6 Å². The molecule has 25 heavy (non-hydrogen) atoms. The highest BCUT2D eigenvalue weighted by molar-refractivity contribution is 5.97. The molecule has 3 rings (SSSR count). The number of aromatic nitrogens is 2. The number of rotatable bonds is 1. The molecule has 0 aliphatic carbocycles. The van der Waals surface area contributed by atoms with Crippen LogP contribution in [0.1, 0.15) is 25.1 Å². The standard InChI is InChI=1S/C18H18N4O3/c1-11-3-2-4-14(22-18(24)25)15-9-12(5-8-20-15)13-6-7-19-10-16(13)21-17(11)23/h2-3,5-11,14,22H,4H2,1H3,(H,21,23)(H,24,25)/t11?,14-/m0/s1. The Morgan fingerprint density at radius 1 is 1.36 bits per heavy atom. The van der Waals surface area contributed by atoms with E-state index in [9.17, 15) is 9.59 Å². The van der Waals surface area contributed by atoms with Crippen molar-refractivity contribution >= 4 is 17.7 Å². The molecule has 0 radical (unpaired) electrons. The van der Waals surface area contributed by atoms with Crippen molar-refractivity contribution < 1.29 is 14.7 Å². The predicted molar refractivity (Wildman–Crippen MR) is 92.9 cm³/mol. The summed E-state index contributed by atoms with van der Waals surface area (Å²) in [7, 11) is 0. The quantitative estimate of drug-likeness (QED) is 0.693. The van der Waals surface area contributed by atoms with Crippen LogP contribution in [0.15, 0.2) is 48.9 Å². The molecule has 3 N–H and O–H groups in total. The van der Waals surface area contributed by atoms with Gasteiger partial charge in [0.1, 0.15) is 0 Å². The molecule has 7 heteroatoms. The fourth-order valence-electron chi connectivity index (χ4n) is 2.71. The summed E-state index contributed by atoms with van der Waals surface area (Å²) in [5.74, 6) is -0.507. The summed E-state index contributed by atoms with van der Waals surface area (Å²) in [6.07, 6.45) is 7.72. The number of carbonyl (C=O) groups excluding carboxylic acids is 1. The first-order valence-corrected chi connectivity index (χ1v) is 7.92. The van der Waals surface area contributed by atoms with Crippen LogP contribution in [0.2, 0.25) is 0 Å². The topological polar surface area (TPSA) is 104 Å². The van der Waals surface area contributed by atoms with Gasteiger partial charge in [-0.3, -0.25) is 14.8 Å². The second kappa shape index (κ2) is 7.12. The highest BCUT2D eigenvalue weighted by Gasteiger charge is 2.18. The molecule has 1 aliphatic rings. The van der Waals surface area contributed by atoms with Gasteiger partial charge in [0.15, 0.2) is 0 Å². The Balaban J connectivity index is 2.12. The Hall–Kier alpha value is -3.22. The summed E-state index contributed by atoms with van der Waals surface area (Å²) in [6, 6.07) is 4.95. The van der Waals surface area contributed by atoms with Crippen molar-refractivity contribution in [1.29, 1.82) is 0 Å². The van der Waals surface area contributed by atoms with Crippen molar-refractivity contribution in [3.05, 3.63) is 54.6 Å². The summed E-state index contributed by atoms with van der Waals surface area (Å²) in [5.41, 5.74) is 2.86. The summed E-state index contributed by atoms with van der Waals surface area (Å²) in [6.45, 7) is 1.78. The van der Waals surface area contributed by atoms with Gasteiger partial charge in [-0.05, 0) is 30.2 Å². The molecular formula is C18H18N4O3. The Kier molecular flexibility index (Phi) is 4.74. The number of nitrogens with zero attached hydrogens (tertiary/aromatic N) is 2. The molecule has 3 heterocycles. The van der Waals surface area contributed by atoms with Gasteiger partial charge in [-0.15, -0.1) is 0 Å². The third-order valence-corrected chi connectivity index (χ3v) is 4.04. The lowest BCUT2D eigenvalue weighted by atomic mass is 10.00. The van der Waals surface area contributed by atoms with Crippen LogP contribution >= 0.6 is 0 Å². The van der Waals surface area contributed by atoms with E-state index in [0.29, 0.717) is 17.8 Å². The lowest BCUT2D eigenvalue weighted by Gasteiger charge is -2.18.